The molecule has 0 aliphatic carbocycles. The van der Waals surface area contributed by atoms with Crippen LogP contribution in [0.2, 0.25) is 0 Å². The number of aliphatic hydroxyl groups excluding tert-OH is 1. The van der Waals surface area contributed by atoms with E-state index >= 15 is 0 Å². The second-order valence-electron chi connectivity index (χ2n) is 8.33. The number of ether oxygens (including phenoxy) is 3. The summed E-state index contributed by atoms with van der Waals surface area (Å²) in [5, 5.41) is 10.1. The van der Waals surface area contributed by atoms with Crippen LogP contribution in [0.1, 0.15) is 38.2 Å². The number of carbonyl (C=O) groups excluding carboxylic acids is 1. The van der Waals surface area contributed by atoms with Crippen molar-refractivity contribution in [3.63, 3.8) is 0 Å². The number of aliphatic imine (C=N–C) groups is 1. The molecule has 0 amide bonds. The van der Waals surface area contributed by atoms with E-state index in [2.05, 4.69) is 11.6 Å². The van der Waals surface area contributed by atoms with Gasteiger partial charge in [-0.3, -0.25) is 9.79 Å². The number of nitrogens with zero attached hydrogens (tertiary/aromatic N) is 1. The van der Waals surface area contributed by atoms with E-state index in [4.69, 9.17) is 25.7 Å². The van der Waals surface area contributed by atoms with E-state index in [1.54, 1.807) is 13.1 Å². The van der Waals surface area contributed by atoms with Gasteiger partial charge >= 0.3 is 5.97 Å². The lowest BCUT2D eigenvalue weighted by molar-refractivity contribution is -0.153. The first-order valence-corrected chi connectivity index (χ1v) is 11.0. The zero-order valence-electron chi connectivity index (χ0n) is 18.5. The molecule has 0 saturated carbocycles. The van der Waals surface area contributed by atoms with E-state index in [1.807, 2.05) is 30.3 Å². The smallest absolute Gasteiger partial charge is 0.325 e. The Bertz CT molecular complexity index is 854. The molecule has 0 bridgehead atoms. The molecule has 8 nitrogen and oxygen atoms in total. The summed E-state index contributed by atoms with van der Waals surface area (Å²) >= 11 is 0. The van der Waals surface area contributed by atoms with E-state index < -0.39 is 18.1 Å². The number of rotatable bonds is 9. The molecule has 1 aromatic rings. The zero-order chi connectivity index (χ0) is 23.1. The summed E-state index contributed by atoms with van der Waals surface area (Å²) in [5.74, 6) is -0.311. The normalized spacial score (nSPS) is 25.2. The SMILES string of the molecule is C=C(N)C1=C(O)CCC([C@H]2CC[C@@H](COC(=O)[C@@H](N)[C@@H](C)OCc3ccccc3)O2)C=N1. The highest BCUT2D eigenvalue weighted by molar-refractivity contribution is 5.76. The largest absolute Gasteiger partial charge is 0.510 e. The highest BCUT2D eigenvalue weighted by atomic mass is 16.6. The summed E-state index contributed by atoms with van der Waals surface area (Å²) in [6.45, 7) is 5.93. The third kappa shape index (κ3) is 6.41. The van der Waals surface area contributed by atoms with Gasteiger partial charge < -0.3 is 30.8 Å². The van der Waals surface area contributed by atoms with Gasteiger partial charge in [-0.15, -0.1) is 0 Å². The minimum absolute atomic E-state index is 0.0448. The Kier molecular flexibility index (Phi) is 8.44. The molecule has 8 heteroatoms. The molecular weight excluding hydrogens is 410 g/mol. The van der Waals surface area contributed by atoms with E-state index in [1.165, 1.54) is 0 Å². The summed E-state index contributed by atoms with van der Waals surface area (Å²) in [6.07, 6.45) is 3.80. The minimum Gasteiger partial charge on any atom is -0.510 e. The molecule has 3 rings (SSSR count). The van der Waals surface area contributed by atoms with Crippen LogP contribution in [0.15, 0.2) is 59.1 Å². The van der Waals surface area contributed by atoms with Gasteiger partial charge in [0.05, 0.1) is 30.6 Å². The van der Waals surface area contributed by atoms with Crippen LogP contribution >= 0.6 is 0 Å². The van der Waals surface area contributed by atoms with Crippen LogP contribution in [-0.2, 0) is 25.6 Å². The quantitative estimate of drug-likeness (QED) is 0.500. The van der Waals surface area contributed by atoms with E-state index in [-0.39, 0.29) is 36.2 Å². The molecule has 2 aliphatic rings. The molecule has 1 unspecified atom stereocenters. The summed E-state index contributed by atoms with van der Waals surface area (Å²) in [5.41, 5.74) is 13.3. The van der Waals surface area contributed by atoms with Crippen LogP contribution in [0.3, 0.4) is 0 Å². The summed E-state index contributed by atoms with van der Waals surface area (Å²) in [7, 11) is 0. The molecule has 32 heavy (non-hydrogen) atoms. The van der Waals surface area contributed by atoms with Crippen molar-refractivity contribution in [3.05, 3.63) is 59.6 Å². The fourth-order valence-corrected chi connectivity index (χ4v) is 3.83. The number of aliphatic hydroxyl groups is 1. The van der Waals surface area contributed by atoms with Crippen LogP contribution in [0, 0.1) is 5.92 Å². The van der Waals surface area contributed by atoms with Gasteiger partial charge in [-0.25, -0.2) is 0 Å². The maximum Gasteiger partial charge on any atom is 0.325 e. The van der Waals surface area contributed by atoms with Crippen molar-refractivity contribution in [2.45, 2.75) is 63.6 Å². The third-order valence-electron chi connectivity index (χ3n) is 5.85. The molecule has 1 saturated heterocycles. The van der Waals surface area contributed by atoms with Crippen molar-refractivity contribution >= 4 is 12.2 Å². The molecule has 1 aromatic carbocycles. The standard InChI is InChI=1S/C24H33N3O5/c1-15(25)23-20(28)10-8-18(12-27-23)21-11-9-19(32-21)14-31-24(29)22(26)16(2)30-13-17-6-4-3-5-7-17/h3-7,12,16,18-19,21-22,28H,1,8-11,13-14,25-26H2,2H3/t16-,18?,19+,21-,22+/m1/s1. The summed E-state index contributed by atoms with van der Waals surface area (Å²) in [6, 6.07) is 8.83. The van der Waals surface area contributed by atoms with E-state index in [0.29, 0.717) is 25.1 Å². The number of allylic oxidation sites excluding steroid dienone is 1. The van der Waals surface area contributed by atoms with Crippen LogP contribution in [0.5, 0.6) is 0 Å². The van der Waals surface area contributed by atoms with Gasteiger partial charge in [0.1, 0.15) is 24.1 Å². The Morgan fingerprint density at radius 3 is 2.78 bits per heavy atom. The lowest BCUT2D eigenvalue weighted by Gasteiger charge is -2.22. The summed E-state index contributed by atoms with van der Waals surface area (Å²) in [4.78, 5) is 16.7. The van der Waals surface area contributed by atoms with E-state index in [9.17, 15) is 9.90 Å². The molecule has 5 N–H and O–H groups in total. The Hall–Kier alpha value is -2.68. The predicted molar refractivity (Wildman–Crippen MR) is 122 cm³/mol. The third-order valence-corrected chi connectivity index (χ3v) is 5.85. The molecule has 2 aliphatic heterocycles. The van der Waals surface area contributed by atoms with Gasteiger partial charge in [0.2, 0.25) is 0 Å². The topological polar surface area (TPSA) is 129 Å². The van der Waals surface area contributed by atoms with Gasteiger partial charge in [-0.2, -0.15) is 0 Å². The predicted octanol–water partition coefficient (Wildman–Crippen LogP) is 2.73. The second-order valence-corrected chi connectivity index (χ2v) is 8.33. The Balaban J connectivity index is 1.41. The maximum absolute atomic E-state index is 12.4. The Labute approximate surface area is 188 Å². The highest BCUT2D eigenvalue weighted by Gasteiger charge is 2.33. The van der Waals surface area contributed by atoms with Gasteiger partial charge in [0, 0.05) is 18.6 Å². The fourth-order valence-electron chi connectivity index (χ4n) is 3.83. The molecule has 2 heterocycles. The van der Waals surface area contributed by atoms with Crippen LogP contribution in [0.4, 0.5) is 0 Å². The molecule has 1 fully saturated rings. The number of hydrogen-bond donors (Lipinski definition) is 3. The first kappa shape index (κ1) is 24.0. The van der Waals surface area contributed by atoms with Crippen molar-refractivity contribution < 1.29 is 24.1 Å². The number of carbonyl (C=O) groups is 1. The zero-order valence-corrected chi connectivity index (χ0v) is 18.5. The Morgan fingerprint density at radius 1 is 1.31 bits per heavy atom. The fraction of sp³-hybridized carbons (Fsp3) is 0.500. The first-order chi connectivity index (χ1) is 15.3. The van der Waals surface area contributed by atoms with Crippen molar-refractivity contribution in [2.75, 3.05) is 6.61 Å². The molecule has 5 atom stereocenters. The molecule has 0 aromatic heterocycles. The number of esters is 1. The number of nitrogens with two attached hydrogens (primary N) is 2. The van der Waals surface area contributed by atoms with Gasteiger partial charge in [-0.1, -0.05) is 36.9 Å². The maximum atomic E-state index is 12.4. The lowest BCUT2D eigenvalue weighted by atomic mass is 9.96. The molecule has 174 valence electrons. The average molecular weight is 444 g/mol. The van der Waals surface area contributed by atoms with Crippen molar-refractivity contribution in [1.82, 2.24) is 0 Å². The first-order valence-electron chi connectivity index (χ1n) is 11.0. The van der Waals surface area contributed by atoms with Gasteiger partial charge in [-0.05, 0) is 31.7 Å². The second kappa shape index (κ2) is 11.3. The van der Waals surface area contributed by atoms with Crippen molar-refractivity contribution in [1.29, 1.82) is 0 Å². The summed E-state index contributed by atoms with van der Waals surface area (Å²) < 4.78 is 17.2. The minimum atomic E-state index is -0.873. The van der Waals surface area contributed by atoms with Gasteiger partial charge in [0.25, 0.3) is 0 Å². The Morgan fingerprint density at radius 2 is 2.06 bits per heavy atom. The highest BCUT2D eigenvalue weighted by Crippen LogP contribution is 2.31. The van der Waals surface area contributed by atoms with Crippen molar-refractivity contribution in [2.24, 2.45) is 22.4 Å². The molecule has 0 radical (unpaired) electrons. The molecular formula is C24H33N3O5. The van der Waals surface area contributed by atoms with Crippen LogP contribution in [-0.4, -0.2) is 48.3 Å². The monoisotopic (exact) mass is 443 g/mol. The van der Waals surface area contributed by atoms with E-state index in [0.717, 1.165) is 18.4 Å². The van der Waals surface area contributed by atoms with Crippen LogP contribution in [0.25, 0.3) is 0 Å². The molecule has 0 spiro atoms. The van der Waals surface area contributed by atoms with Crippen LogP contribution < -0.4 is 11.5 Å². The number of hydrogen-bond acceptors (Lipinski definition) is 8. The van der Waals surface area contributed by atoms with Crippen molar-refractivity contribution in [3.8, 4) is 0 Å². The lowest BCUT2D eigenvalue weighted by Crippen LogP contribution is -2.43. The number of benzene rings is 1. The van der Waals surface area contributed by atoms with Gasteiger partial charge in [0.15, 0.2) is 0 Å². The average Bonchev–Trinajstić information content (AvgIpc) is 3.17.